The van der Waals surface area contributed by atoms with Crippen LogP contribution in [0.25, 0.3) is 0 Å². The van der Waals surface area contributed by atoms with Crippen molar-refractivity contribution >= 4 is 51.0 Å². The van der Waals surface area contributed by atoms with Crippen molar-refractivity contribution in [2.24, 2.45) is 5.10 Å². The van der Waals surface area contributed by atoms with Gasteiger partial charge >= 0.3 is 0 Å². The molecule has 31 heavy (non-hydrogen) atoms. The molecule has 1 amide bonds. The predicted octanol–water partition coefficient (Wildman–Crippen LogP) is 4.65. The molecular formula is C22H19Cl2N3O3S. The Morgan fingerprint density at radius 2 is 1.77 bits per heavy atom. The molecule has 0 aromatic heterocycles. The standard InChI is InChI=1S/C22H19Cl2N3O3S/c1-16-6-5-7-17(12-16)14-25-26-22(28)15-27(21-11-10-18(23)13-20(21)24)31(29,30)19-8-3-2-4-9-19/h2-14H,15H2,1H3,(H,26,28)/b25-14-. The van der Waals surface area contributed by atoms with E-state index in [1.807, 2.05) is 31.2 Å². The summed E-state index contributed by atoms with van der Waals surface area (Å²) in [6.07, 6.45) is 1.48. The zero-order valence-corrected chi connectivity index (χ0v) is 18.8. The Labute approximate surface area is 191 Å². The van der Waals surface area contributed by atoms with Gasteiger partial charge < -0.3 is 0 Å². The molecule has 3 rings (SSSR count). The second-order valence-corrected chi connectivity index (χ2v) is 9.33. The highest BCUT2D eigenvalue weighted by Gasteiger charge is 2.28. The molecule has 9 heteroatoms. The molecule has 0 unspecified atom stereocenters. The van der Waals surface area contributed by atoms with Crippen LogP contribution < -0.4 is 9.73 Å². The first-order valence-electron chi connectivity index (χ1n) is 9.19. The van der Waals surface area contributed by atoms with E-state index in [1.54, 1.807) is 18.2 Å². The Balaban J connectivity index is 1.87. The summed E-state index contributed by atoms with van der Waals surface area (Å²) in [4.78, 5) is 12.6. The maximum atomic E-state index is 13.3. The smallest absolute Gasteiger partial charge is 0.264 e. The Hall–Kier alpha value is -2.87. The number of hydrogen-bond donors (Lipinski definition) is 1. The van der Waals surface area contributed by atoms with E-state index in [0.29, 0.717) is 5.02 Å². The minimum absolute atomic E-state index is 0.0251. The lowest BCUT2D eigenvalue weighted by Gasteiger charge is -2.24. The molecule has 0 heterocycles. The van der Waals surface area contributed by atoms with E-state index in [2.05, 4.69) is 10.5 Å². The maximum Gasteiger partial charge on any atom is 0.264 e. The number of nitrogens with zero attached hydrogens (tertiary/aromatic N) is 2. The zero-order chi connectivity index (χ0) is 22.4. The van der Waals surface area contributed by atoms with Crippen molar-refractivity contribution < 1.29 is 13.2 Å². The Kier molecular flexibility index (Phi) is 7.33. The normalized spacial score (nSPS) is 11.5. The van der Waals surface area contributed by atoms with Crippen LogP contribution in [-0.2, 0) is 14.8 Å². The Morgan fingerprint density at radius 1 is 1.03 bits per heavy atom. The summed E-state index contributed by atoms with van der Waals surface area (Å²) in [6.45, 7) is 1.42. The van der Waals surface area contributed by atoms with E-state index < -0.39 is 22.5 Å². The number of amides is 1. The van der Waals surface area contributed by atoms with E-state index in [1.165, 1.54) is 36.5 Å². The molecule has 0 saturated carbocycles. The van der Waals surface area contributed by atoms with Crippen molar-refractivity contribution in [2.75, 3.05) is 10.8 Å². The molecule has 0 fully saturated rings. The number of nitrogens with one attached hydrogen (secondary N) is 1. The summed E-state index contributed by atoms with van der Waals surface area (Å²) in [5.74, 6) is -0.630. The molecule has 3 aromatic carbocycles. The van der Waals surface area contributed by atoms with Gasteiger partial charge in [0, 0.05) is 5.02 Å². The first-order chi connectivity index (χ1) is 14.8. The van der Waals surface area contributed by atoms with Crippen molar-refractivity contribution in [1.29, 1.82) is 0 Å². The number of aryl methyl sites for hydroxylation is 1. The number of rotatable bonds is 7. The molecule has 0 aliphatic heterocycles. The average molecular weight is 476 g/mol. The molecule has 160 valence electrons. The summed E-state index contributed by atoms with van der Waals surface area (Å²) in [5, 5.41) is 4.37. The monoisotopic (exact) mass is 475 g/mol. The van der Waals surface area contributed by atoms with Gasteiger partial charge in [-0.1, -0.05) is 71.2 Å². The number of anilines is 1. The van der Waals surface area contributed by atoms with Gasteiger partial charge in [0.15, 0.2) is 0 Å². The lowest BCUT2D eigenvalue weighted by atomic mass is 10.2. The van der Waals surface area contributed by atoms with E-state index in [9.17, 15) is 13.2 Å². The highest BCUT2D eigenvalue weighted by molar-refractivity contribution is 7.92. The van der Waals surface area contributed by atoms with Crippen LogP contribution in [0.5, 0.6) is 0 Å². The van der Waals surface area contributed by atoms with E-state index >= 15 is 0 Å². The number of carbonyl (C=O) groups is 1. The van der Waals surface area contributed by atoms with E-state index in [0.717, 1.165) is 15.4 Å². The molecule has 0 atom stereocenters. The van der Waals surface area contributed by atoms with Gasteiger partial charge in [-0.25, -0.2) is 13.8 Å². The minimum Gasteiger partial charge on any atom is -0.271 e. The van der Waals surface area contributed by atoms with Crippen LogP contribution in [0.2, 0.25) is 10.0 Å². The number of hydrazone groups is 1. The van der Waals surface area contributed by atoms with Gasteiger partial charge in [0.1, 0.15) is 6.54 Å². The summed E-state index contributed by atoms with van der Waals surface area (Å²) in [6, 6.07) is 19.7. The van der Waals surface area contributed by atoms with Crippen molar-refractivity contribution in [3.8, 4) is 0 Å². The lowest BCUT2D eigenvalue weighted by molar-refractivity contribution is -0.119. The van der Waals surface area contributed by atoms with Crippen LogP contribution >= 0.6 is 23.2 Å². The number of sulfonamides is 1. The molecule has 1 N–H and O–H groups in total. The third-order valence-corrected chi connectivity index (χ3v) is 6.55. The van der Waals surface area contributed by atoms with Gasteiger partial charge in [-0.05, 0) is 42.8 Å². The van der Waals surface area contributed by atoms with Crippen LogP contribution in [0.15, 0.2) is 82.8 Å². The first-order valence-corrected chi connectivity index (χ1v) is 11.4. The van der Waals surface area contributed by atoms with Gasteiger partial charge in [0.05, 0.1) is 21.8 Å². The van der Waals surface area contributed by atoms with Crippen LogP contribution in [0.1, 0.15) is 11.1 Å². The van der Waals surface area contributed by atoms with Gasteiger partial charge in [0.25, 0.3) is 15.9 Å². The predicted molar refractivity (Wildman–Crippen MR) is 124 cm³/mol. The minimum atomic E-state index is -4.07. The van der Waals surface area contributed by atoms with E-state index in [-0.39, 0.29) is 15.6 Å². The second-order valence-electron chi connectivity index (χ2n) is 6.63. The van der Waals surface area contributed by atoms with Crippen LogP contribution in [0, 0.1) is 6.92 Å². The third-order valence-electron chi connectivity index (χ3n) is 4.24. The molecule has 0 bridgehead atoms. The lowest BCUT2D eigenvalue weighted by Crippen LogP contribution is -2.39. The van der Waals surface area contributed by atoms with Crippen LogP contribution in [0.4, 0.5) is 5.69 Å². The SMILES string of the molecule is Cc1cccc(/C=N\NC(=O)CN(c2ccc(Cl)cc2Cl)S(=O)(=O)c2ccccc2)c1. The van der Waals surface area contributed by atoms with Gasteiger partial charge in [0.2, 0.25) is 0 Å². The molecule has 0 aliphatic carbocycles. The number of hydrogen-bond acceptors (Lipinski definition) is 4. The summed E-state index contributed by atoms with van der Waals surface area (Å²) in [7, 11) is -4.07. The highest BCUT2D eigenvalue weighted by Crippen LogP contribution is 2.32. The zero-order valence-electron chi connectivity index (χ0n) is 16.5. The first kappa shape index (κ1) is 22.8. The quantitative estimate of drug-likeness (QED) is 0.399. The molecule has 0 saturated heterocycles. The molecule has 0 aliphatic rings. The summed E-state index contributed by atoms with van der Waals surface area (Å²) in [5.41, 5.74) is 4.34. The fourth-order valence-electron chi connectivity index (χ4n) is 2.80. The summed E-state index contributed by atoms with van der Waals surface area (Å²) < 4.78 is 27.4. The van der Waals surface area contributed by atoms with Gasteiger partial charge in [-0.2, -0.15) is 5.10 Å². The number of benzene rings is 3. The highest BCUT2D eigenvalue weighted by atomic mass is 35.5. The Bertz CT molecular complexity index is 1220. The fraction of sp³-hybridized carbons (Fsp3) is 0.0909. The van der Waals surface area contributed by atoms with E-state index in [4.69, 9.17) is 23.2 Å². The third kappa shape index (κ3) is 5.85. The van der Waals surface area contributed by atoms with Crippen LogP contribution in [-0.4, -0.2) is 27.1 Å². The Morgan fingerprint density at radius 3 is 2.45 bits per heavy atom. The number of carbonyl (C=O) groups excluding carboxylic acids is 1. The molecule has 0 spiro atoms. The van der Waals surface area contributed by atoms with Crippen molar-refractivity contribution in [3.63, 3.8) is 0 Å². The van der Waals surface area contributed by atoms with Crippen molar-refractivity contribution in [2.45, 2.75) is 11.8 Å². The van der Waals surface area contributed by atoms with Gasteiger partial charge in [-0.3, -0.25) is 9.10 Å². The number of halogens is 2. The fourth-order valence-corrected chi connectivity index (χ4v) is 4.82. The van der Waals surface area contributed by atoms with Gasteiger partial charge in [-0.15, -0.1) is 0 Å². The molecule has 3 aromatic rings. The molecule has 0 radical (unpaired) electrons. The average Bonchev–Trinajstić information content (AvgIpc) is 2.73. The van der Waals surface area contributed by atoms with Crippen molar-refractivity contribution in [1.82, 2.24) is 5.43 Å². The summed E-state index contributed by atoms with van der Waals surface area (Å²) >= 11 is 12.2. The second kappa shape index (κ2) is 9.96. The molecule has 6 nitrogen and oxygen atoms in total. The topological polar surface area (TPSA) is 78.8 Å². The van der Waals surface area contributed by atoms with Crippen LogP contribution in [0.3, 0.4) is 0 Å². The maximum absolute atomic E-state index is 13.3. The molecular weight excluding hydrogens is 457 g/mol. The largest absolute Gasteiger partial charge is 0.271 e. The van der Waals surface area contributed by atoms with Crippen molar-refractivity contribution in [3.05, 3.63) is 94.0 Å².